The number of amides is 1. The van der Waals surface area contributed by atoms with Gasteiger partial charge in [0.15, 0.2) is 0 Å². The summed E-state index contributed by atoms with van der Waals surface area (Å²) in [6.07, 6.45) is 5.48. The van der Waals surface area contributed by atoms with E-state index in [1.807, 2.05) is 0 Å². The summed E-state index contributed by atoms with van der Waals surface area (Å²) in [4.78, 5) is 13.5. The minimum atomic E-state index is -0.0146. The van der Waals surface area contributed by atoms with Crippen LogP contribution in [0.15, 0.2) is 12.4 Å². The Kier molecular flexibility index (Phi) is 3.01. The summed E-state index contributed by atoms with van der Waals surface area (Å²) in [5.41, 5.74) is 0.593. The molecule has 1 saturated heterocycles. The van der Waals surface area contributed by atoms with Gasteiger partial charge in [-0.25, -0.2) is 0 Å². The summed E-state index contributed by atoms with van der Waals surface area (Å²) in [5, 5.41) is 6.38. The average Bonchev–Trinajstić information content (AvgIpc) is 2.88. The second-order valence-corrected chi connectivity index (χ2v) is 3.81. The summed E-state index contributed by atoms with van der Waals surface area (Å²) in [6, 6.07) is 0. The SMILES string of the molecule is CN(CC1CCCO1)C(=O)c1cn[nH]c1. The van der Waals surface area contributed by atoms with Gasteiger partial charge in [-0.2, -0.15) is 5.10 Å². The lowest BCUT2D eigenvalue weighted by atomic mass is 10.2. The van der Waals surface area contributed by atoms with Crippen molar-refractivity contribution in [3.05, 3.63) is 18.0 Å². The number of H-pyrrole nitrogens is 1. The van der Waals surface area contributed by atoms with E-state index >= 15 is 0 Å². The largest absolute Gasteiger partial charge is 0.376 e. The predicted octanol–water partition coefficient (Wildman–Crippen LogP) is 0.661. The maximum Gasteiger partial charge on any atom is 0.256 e. The molecule has 82 valence electrons. The molecule has 1 aromatic heterocycles. The standard InChI is InChI=1S/C10H15N3O2/c1-13(7-9-3-2-4-15-9)10(14)8-5-11-12-6-8/h5-6,9H,2-4,7H2,1H3,(H,11,12). The van der Waals surface area contributed by atoms with Crippen molar-refractivity contribution in [3.63, 3.8) is 0 Å². The van der Waals surface area contributed by atoms with Crippen molar-refractivity contribution in [1.82, 2.24) is 15.1 Å². The summed E-state index contributed by atoms with van der Waals surface area (Å²) in [6.45, 7) is 1.47. The van der Waals surface area contributed by atoms with Gasteiger partial charge in [-0.15, -0.1) is 0 Å². The van der Waals surface area contributed by atoms with Gasteiger partial charge in [0.2, 0.25) is 0 Å². The Balaban J connectivity index is 1.90. The van der Waals surface area contributed by atoms with Crippen molar-refractivity contribution in [2.75, 3.05) is 20.2 Å². The highest BCUT2D eigenvalue weighted by Gasteiger charge is 2.20. The zero-order valence-corrected chi connectivity index (χ0v) is 8.77. The molecule has 1 aliphatic heterocycles. The number of carbonyl (C=O) groups excluding carboxylic acids is 1. The van der Waals surface area contributed by atoms with Crippen molar-refractivity contribution in [3.8, 4) is 0 Å². The van der Waals surface area contributed by atoms with Gasteiger partial charge in [0.05, 0.1) is 17.9 Å². The van der Waals surface area contributed by atoms with Crippen LogP contribution < -0.4 is 0 Å². The lowest BCUT2D eigenvalue weighted by Crippen LogP contribution is -2.33. The molecule has 0 aromatic carbocycles. The van der Waals surface area contributed by atoms with E-state index in [2.05, 4.69) is 10.2 Å². The fourth-order valence-electron chi connectivity index (χ4n) is 1.76. The molecular formula is C10H15N3O2. The smallest absolute Gasteiger partial charge is 0.256 e. The van der Waals surface area contributed by atoms with E-state index in [-0.39, 0.29) is 12.0 Å². The van der Waals surface area contributed by atoms with Crippen LogP contribution >= 0.6 is 0 Å². The first kappa shape index (κ1) is 10.2. The zero-order valence-electron chi connectivity index (χ0n) is 8.77. The van der Waals surface area contributed by atoms with Gasteiger partial charge >= 0.3 is 0 Å². The molecule has 1 atom stereocenters. The van der Waals surface area contributed by atoms with E-state index < -0.39 is 0 Å². The molecule has 1 aromatic rings. The minimum Gasteiger partial charge on any atom is -0.376 e. The third-order valence-electron chi connectivity index (χ3n) is 2.59. The molecule has 0 radical (unpaired) electrons. The Labute approximate surface area is 88.4 Å². The van der Waals surface area contributed by atoms with Crippen molar-refractivity contribution < 1.29 is 9.53 Å². The third kappa shape index (κ3) is 2.36. The van der Waals surface area contributed by atoms with Crippen molar-refractivity contribution >= 4 is 5.91 Å². The topological polar surface area (TPSA) is 58.2 Å². The van der Waals surface area contributed by atoms with Crippen LogP contribution in [0.2, 0.25) is 0 Å². The summed E-state index contributed by atoms with van der Waals surface area (Å²) < 4.78 is 5.47. The number of aromatic nitrogens is 2. The quantitative estimate of drug-likeness (QED) is 0.795. The van der Waals surface area contributed by atoms with E-state index in [9.17, 15) is 4.79 Å². The van der Waals surface area contributed by atoms with Crippen molar-refractivity contribution in [2.24, 2.45) is 0 Å². The molecule has 5 nitrogen and oxygen atoms in total. The molecule has 2 rings (SSSR count). The monoisotopic (exact) mass is 209 g/mol. The molecule has 1 fully saturated rings. The molecule has 1 unspecified atom stereocenters. The fraction of sp³-hybridized carbons (Fsp3) is 0.600. The van der Waals surface area contributed by atoms with Crippen LogP contribution in [0, 0.1) is 0 Å². The minimum absolute atomic E-state index is 0.0146. The fourth-order valence-corrected chi connectivity index (χ4v) is 1.76. The van der Waals surface area contributed by atoms with Crippen LogP contribution in [0.5, 0.6) is 0 Å². The number of nitrogens with zero attached hydrogens (tertiary/aromatic N) is 2. The second-order valence-electron chi connectivity index (χ2n) is 3.81. The van der Waals surface area contributed by atoms with E-state index in [1.54, 1.807) is 18.1 Å². The van der Waals surface area contributed by atoms with Crippen LogP contribution in [0.25, 0.3) is 0 Å². The molecular weight excluding hydrogens is 194 g/mol. The zero-order chi connectivity index (χ0) is 10.7. The highest BCUT2D eigenvalue weighted by atomic mass is 16.5. The van der Waals surface area contributed by atoms with Crippen molar-refractivity contribution in [1.29, 1.82) is 0 Å². The van der Waals surface area contributed by atoms with Gasteiger partial charge in [0.1, 0.15) is 0 Å². The first-order valence-corrected chi connectivity index (χ1v) is 5.13. The number of carbonyl (C=O) groups is 1. The van der Waals surface area contributed by atoms with E-state index in [0.29, 0.717) is 12.1 Å². The molecule has 5 heteroatoms. The van der Waals surface area contributed by atoms with Crippen LogP contribution in [0.4, 0.5) is 0 Å². The first-order valence-electron chi connectivity index (χ1n) is 5.13. The Morgan fingerprint density at radius 2 is 2.67 bits per heavy atom. The predicted molar refractivity (Wildman–Crippen MR) is 54.5 cm³/mol. The summed E-state index contributed by atoms with van der Waals surface area (Å²) >= 11 is 0. The molecule has 1 aliphatic rings. The van der Waals surface area contributed by atoms with E-state index in [4.69, 9.17) is 4.74 Å². The molecule has 0 aliphatic carbocycles. The van der Waals surface area contributed by atoms with Crippen molar-refractivity contribution in [2.45, 2.75) is 18.9 Å². The van der Waals surface area contributed by atoms with E-state index in [0.717, 1.165) is 19.4 Å². The summed E-state index contributed by atoms with van der Waals surface area (Å²) in [5.74, 6) is -0.0146. The molecule has 0 saturated carbocycles. The second kappa shape index (κ2) is 4.44. The van der Waals surface area contributed by atoms with Gasteiger partial charge in [-0.05, 0) is 12.8 Å². The Bertz CT molecular complexity index is 317. The summed E-state index contributed by atoms with van der Waals surface area (Å²) in [7, 11) is 1.79. The molecule has 1 amide bonds. The maximum atomic E-state index is 11.8. The lowest BCUT2D eigenvalue weighted by molar-refractivity contribution is 0.0587. The highest BCUT2D eigenvalue weighted by Crippen LogP contribution is 2.13. The number of ether oxygens (including phenoxy) is 1. The van der Waals surface area contributed by atoms with Gasteiger partial charge < -0.3 is 9.64 Å². The molecule has 0 bridgehead atoms. The van der Waals surface area contributed by atoms with Crippen LogP contribution in [0.3, 0.4) is 0 Å². The average molecular weight is 209 g/mol. The third-order valence-corrected chi connectivity index (χ3v) is 2.59. The molecule has 15 heavy (non-hydrogen) atoms. The number of nitrogens with one attached hydrogen (secondary N) is 1. The van der Waals surface area contributed by atoms with Crippen LogP contribution in [-0.4, -0.2) is 47.3 Å². The number of aromatic amines is 1. The van der Waals surface area contributed by atoms with Crippen LogP contribution in [-0.2, 0) is 4.74 Å². The molecule has 1 N–H and O–H groups in total. The van der Waals surface area contributed by atoms with Gasteiger partial charge in [0, 0.05) is 26.4 Å². The normalized spacial score (nSPS) is 20.5. The van der Waals surface area contributed by atoms with E-state index in [1.165, 1.54) is 6.20 Å². The number of rotatable bonds is 3. The number of hydrogen-bond donors (Lipinski definition) is 1. The van der Waals surface area contributed by atoms with Crippen LogP contribution in [0.1, 0.15) is 23.2 Å². The highest BCUT2D eigenvalue weighted by molar-refractivity contribution is 5.93. The maximum absolute atomic E-state index is 11.8. The lowest BCUT2D eigenvalue weighted by Gasteiger charge is -2.19. The number of likely N-dealkylation sites (N-methyl/N-ethyl adjacent to an activating group) is 1. The van der Waals surface area contributed by atoms with Gasteiger partial charge in [-0.3, -0.25) is 9.89 Å². The number of hydrogen-bond acceptors (Lipinski definition) is 3. The van der Waals surface area contributed by atoms with Gasteiger partial charge in [-0.1, -0.05) is 0 Å². The van der Waals surface area contributed by atoms with Gasteiger partial charge in [0.25, 0.3) is 5.91 Å². The molecule has 2 heterocycles. The Hall–Kier alpha value is -1.36. The first-order chi connectivity index (χ1) is 7.27. The molecule has 0 spiro atoms. The Morgan fingerprint density at radius 1 is 1.80 bits per heavy atom. The Morgan fingerprint density at radius 3 is 3.27 bits per heavy atom.